The third-order valence-electron chi connectivity index (χ3n) is 0.407. The van der Waals surface area contributed by atoms with Gasteiger partial charge in [-0.15, -0.1) is 23.5 Å². The molecule has 1 heterocycles. The molecule has 1 rings (SSSR count). The molecule has 3 heteroatoms. The predicted octanol–water partition coefficient (Wildman–Crippen LogP) is 1.57. The van der Waals surface area contributed by atoms with E-state index in [1.807, 2.05) is 11.4 Å². The monoisotopic (exact) mass is 118 g/mol. The number of thioether (sulfide) groups is 2. The van der Waals surface area contributed by atoms with Gasteiger partial charge in [0.25, 0.3) is 0 Å². The highest BCUT2D eigenvalue weighted by Gasteiger charge is 1.89. The molecule has 0 aliphatic carbocycles. The van der Waals surface area contributed by atoms with E-state index in [0.29, 0.717) is 0 Å². The van der Waals surface area contributed by atoms with Crippen molar-refractivity contribution in [3.63, 3.8) is 0 Å². The first-order valence-corrected chi connectivity index (χ1v) is 3.66. The number of hydrogen-bond acceptors (Lipinski definition) is 3. The fourth-order valence-electron chi connectivity index (χ4n) is 0.211. The van der Waals surface area contributed by atoms with Crippen molar-refractivity contribution in [2.45, 2.75) is 0 Å². The zero-order valence-corrected chi connectivity index (χ0v) is 4.76. The number of aliphatic imine (C=N–C) groups is 1. The van der Waals surface area contributed by atoms with Crippen LogP contribution in [0.15, 0.2) is 4.99 Å². The highest BCUT2D eigenvalue weighted by atomic mass is 32.2. The van der Waals surface area contributed by atoms with E-state index in [2.05, 4.69) is 4.99 Å². The lowest BCUT2D eigenvalue weighted by Crippen LogP contribution is -1.75. The number of hydrogen-bond donors (Lipinski definition) is 0. The quantitative estimate of drug-likeness (QED) is 0.478. The fourth-order valence-corrected chi connectivity index (χ4v) is 1.38. The van der Waals surface area contributed by atoms with Gasteiger partial charge in [-0.1, -0.05) is 0 Å². The molecule has 0 fully saturated rings. The number of nitrogens with zero attached hydrogens (tertiary/aromatic N) is 1. The maximum absolute atomic E-state index is 3.85. The molecule has 1 aliphatic rings. The molecule has 0 N–H and O–H groups in total. The molecule has 0 aromatic carbocycles. The molecule has 0 saturated heterocycles. The Morgan fingerprint density at radius 2 is 2.50 bits per heavy atom. The standard InChI is InChI=1S/C3H4NS2/c1-4-2-6-3-5-1/h1-2H,3H2. The van der Waals surface area contributed by atoms with Crippen LogP contribution in [-0.2, 0) is 0 Å². The van der Waals surface area contributed by atoms with Crippen LogP contribution in [-0.4, -0.2) is 10.6 Å². The van der Waals surface area contributed by atoms with Crippen molar-refractivity contribution >= 4 is 29.1 Å². The molecular formula is C3H4NS2. The van der Waals surface area contributed by atoms with Crippen LogP contribution in [0.25, 0.3) is 0 Å². The van der Waals surface area contributed by atoms with Crippen molar-refractivity contribution in [1.29, 1.82) is 0 Å². The summed E-state index contributed by atoms with van der Waals surface area (Å²) in [7, 11) is 0. The van der Waals surface area contributed by atoms with E-state index >= 15 is 0 Å². The molecule has 0 unspecified atom stereocenters. The van der Waals surface area contributed by atoms with Crippen LogP contribution in [0.5, 0.6) is 0 Å². The van der Waals surface area contributed by atoms with Gasteiger partial charge in [-0.05, 0) is 0 Å². The van der Waals surface area contributed by atoms with Gasteiger partial charge in [0.05, 0.1) is 5.55 Å². The lowest BCUT2D eigenvalue weighted by Gasteiger charge is -1.96. The van der Waals surface area contributed by atoms with Gasteiger partial charge in [0.1, 0.15) is 5.88 Å². The molecule has 0 bridgehead atoms. The number of rotatable bonds is 0. The highest BCUT2D eigenvalue weighted by Crippen LogP contribution is 2.17. The van der Waals surface area contributed by atoms with Gasteiger partial charge in [0, 0.05) is 5.08 Å². The second kappa shape index (κ2) is 2.53. The summed E-state index contributed by atoms with van der Waals surface area (Å²) in [5.74, 6) is 1.86. The Labute approximate surface area is 45.6 Å². The summed E-state index contributed by atoms with van der Waals surface area (Å²) in [5, 5.41) is 1.13. The first-order chi connectivity index (χ1) is 3.00. The minimum absolute atomic E-state index is 1.13. The summed E-state index contributed by atoms with van der Waals surface area (Å²) in [6.07, 6.45) is 0. The molecule has 1 aliphatic heterocycles. The summed E-state index contributed by atoms with van der Waals surface area (Å²) >= 11 is 3.47. The molecule has 0 aromatic rings. The van der Waals surface area contributed by atoms with Crippen LogP contribution < -0.4 is 0 Å². The van der Waals surface area contributed by atoms with Crippen LogP contribution in [0.1, 0.15) is 0 Å². The molecule has 0 saturated carbocycles. The Bertz CT molecular complexity index is 53.8. The van der Waals surface area contributed by atoms with Gasteiger partial charge in [-0.2, -0.15) is 0 Å². The van der Waals surface area contributed by atoms with Gasteiger partial charge in [0.2, 0.25) is 0 Å². The molecule has 0 atom stereocenters. The minimum atomic E-state index is 1.13. The Kier molecular flexibility index (Phi) is 1.91. The second-order valence-corrected chi connectivity index (χ2v) is 2.84. The van der Waals surface area contributed by atoms with E-state index in [1.165, 1.54) is 0 Å². The zero-order valence-electron chi connectivity index (χ0n) is 3.13. The predicted molar refractivity (Wildman–Crippen MR) is 32.8 cm³/mol. The average Bonchev–Trinajstić information content (AvgIpc) is 1.72. The van der Waals surface area contributed by atoms with Crippen molar-refractivity contribution in [3.05, 3.63) is 5.88 Å². The van der Waals surface area contributed by atoms with E-state index < -0.39 is 0 Å². The van der Waals surface area contributed by atoms with Crippen LogP contribution >= 0.6 is 23.5 Å². The Balaban J connectivity index is 2.26. The zero-order chi connectivity index (χ0) is 4.24. The lowest BCUT2D eigenvalue weighted by molar-refractivity contribution is 1.58. The topological polar surface area (TPSA) is 12.4 Å². The minimum Gasteiger partial charge on any atom is -0.269 e. The van der Waals surface area contributed by atoms with Crippen molar-refractivity contribution in [2.75, 3.05) is 5.08 Å². The average molecular weight is 118 g/mol. The highest BCUT2D eigenvalue weighted by molar-refractivity contribution is 8.24. The molecular weight excluding hydrogens is 114 g/mol. The molecule has 0 spiro atoms. The van der Waals surface area contributed by atoms with Crippen molar-refractivity contribution in [1.82, 2.24) is 0 Å². The Morgan fingerprint density at radius 3 is 2.67 bits per heavy atom. The van der Waals surface area contributed by atoms with Gasteiger partial charge in [-0.25, -0.2) is 0 Å². The summed E-state index contributed by atoms with van der Waals surface area (Å²) in [4.78, 5) is 3.85. The Hall–Kier alpha value is 0.370. The molecule has 1 nitrogen and oxygen atoms in total. The van der Waals surface area contributed by atoms with Crippen LogP contribution in [0, 0.1) is 5.88 Å². The first kappa shape index (κ1) is 4.53. The molecule has 0 amide bonds. The second-order valence-electron chi connectivity index (χ2n) is 0.811. The fraction of sp³-hybridized carbons (Fsp3) is 0.333. The molecule has 6 heavy (non-hydrogen) atoms. The van der Waals surface area contributed by atoms with Gasteiger partial charge in [0.15, 0.2) is 0 Å². The van der Waals surface area contributed by atoms with Crippen LogP contribution in [0.3, 0.4) is 0 Å². The third-order valence-corrected chi connectivity index (χ3v) is 2.04. The molecule has 33 valence electrons. The van der Waals surface area contributed by atoms with Crippen molar-refractivity contribution in [2.24, 2.45) is 4.99 Å². The van der Waals surface area contributed by atoms with Gasteiger partial charge >= 0.3 is 0 Å². The van der Waals surface area contributed by atoms with E-state index in [0.717, 1.165) is 5.08 Å². The van der Waals surface area contributed by atoms with Crippen LogP contribution in [0.2, 0.25) is 0 Å². The summed E-state index contributed by atoms with van der Waals surface area (Å²) in [6, 6.07) is 0. The van der Waals surface area contributed by atoms with Crippen LogP contribution in [0.4, 0.5) is 0 Å². The van der Waals surface area contributed by atoms with Crippen molar-refractivity contribution < 1.29 is 0 Å². The normalized spacial score (nSPS) is 21.3. The van der Waals surface area contributed by atoms with E-state index in [9.17, 15) is 0 Å². The van der Waals surface area contributed by atoms with Crippen molar-refractivity contribution in [3.8, 4) is 0 Å². The third kappa shape index (κ3) is 1.22. The largest absolute Gasteiger partial charge is 0.269 e. The SMILES string of the molecule is [CH]1N=CSCS1. The Morgan fingerprint density at radius 1 is 1.50 bits per heavy atom. The van der Waals surface area contributed by atoms with E-state index in [4.69, 9.17) is 0 Å². The molecule has 0 aromatic heterocycles. The maximum Gasteiger partial charge on any atom is 0.128 e. The summed E-state index contributed by atoms with van der Waals surface area (Å²) in [6.45, 7) is 0. The summed E-state index contributed by atoms with van der Waals surface area (Å²) < 4.78 is 0. The maximum atomic E-state index is 3.85. The van der Waals surface area contributed by atoms with Gasteiger partial charge in [-0.3, -0.25) is 4.99 Å². The lowest BCUT2D eigenvalue weighted by atomic mass is 11.4. The van der Waals surface area contributed by atoms with Gasteiger partial charge < -0.3 is 0 Å². The summed E-state index contributed by atoms with van der Waals surface area (Å²) in [5.41, 5.74) is 1.86. The smallest absolute Gasteiger partial charge is 0.128 e. The van der Waals surface area contributed by atoms with E-state index in [-0.39, 0.29) is 0 Å². The molecule has 1 radical (unpaired) electrons. The first-order valence-electron chi connectivity index (χ1n) is 1.57. The van der Waals surface area contributed by atoms with E-state index in [1.54, 1.807) is 23.5 Å².